The Morgan fingerprint density at radius 3 is 2.50 bits per heavy atom. The van der Waals surface area contributed by atoms with Gasteiger partial charge in [-0.3, -0.25) is 0 Å². The fraction of sp³-hybridized carbons (Fsp3) is 0.0909. The van der Waals surface area contributed by atoms with Gasteiger partial charge in [0.05, 0.1) is 16.3 Å². The monoisotopic (exact) mass is 258 g/mol. The summed E-state index contributed by atoms with van der Waals surface area (Å²) in [6, 6.07) is 6.27. The van der Waals surface area contributed by atoms with E-state index in [9.17, 15) is 5.11 Å². The average molecular weight is 259 g/mol. The fourth-order valence-corrected chi connectivity index (χ4v) is 1.81. The summed E-state index contributed by atoms with van der Waals surface area (Å²) in [6.45, 7) is 0.233. The zero-order valence-corrected chi connectivity index (χ0v) is 9.63. The van der Waals surface area contributed by atoms with Gasteiger partial charge in [-0.1, -0.05) is 23.2 Å². The molecular formula is C11H8Cl2O3. The Morgan fingerprint density at radius 1 is 1.25 bits per heavy atom. The molecule has 0 radical (unpaired) electrons. The Balaban J connectivity index is 2.15. The van der Waals surface area contributed by atoms with Gasteiger partial charge in [0.25, 0.3) is 0 Å². The zero-order chi connectivity index (χ0) is 11.5. The van der Waals surface area contributed by atoms with Crippen LogP contribution in [0, 0.1) is 0 Å². The van der Waals surface area contributed by atoms with Crippen LogP contribution in [0.2, 0.25) is 10.0 Å². The van der Waals surface area contributed by atoms with Crippen molar-refractivity contribution in [3.05, 3.63) is 46.3 Å². The molecule has 3 nitrogen and oxygen atoms in total. The minimum Gasteiger partial charge on any atom is -0.508 e. The minimum absolute atomic E-state index is 0.000323. The van der Waals surface area contributed by atoms with Gasteiger partial charge in [0.1, 0.15) is 18.1 Å². The number of benzene rings is 1. The Morgan fingerprint density at radius 2 is 1.94 bits per heavy atom. The molecule has 0 aliphatic heterocycles. The first kappa shape index (κ1) is 11.2. The number of halogens is 2. The van der Waals surface area contributed by atoms with Crippen molar-refractivity contribution in [2.24, 2.45) is 0 Å². The maximum Gasteiger partial charge on any atom is 0.157 e. The second-order valence-corrected chi connectivity index (χ2v) is 3.92. The lowest BCUT2D eigenvalue weighted by molar-refractivity contribution is 0.270. The average Bonchev–Trinajstić information content (AvgIpc) is 2.68. The van der Waals surface area contributed by atoms with Gasteiger partial charge in [0.15, 0.2) is 5.75 Å². The topological polar surface area (TPSA) is 42.6 Å². The normalized spacial score (nSPS) is 10.4. The third kappa shape index (κ3) is 2.43. The van der Waals surface area contributed by atoms with Crippen molar-refractivity contribution in [2.45, 2.75) is 6.61 Å². The minimum atomic E-state index is 0.000323. The quantitative estimate of drug-likeness (QED) is 0.909. The maximum absolute atomic E-state index is 9.23. The molecule has 1 aromatic carbocycles. The van der Waals surface area contributed by atoms with Gasteiger partial charge in [0, 0.05) is 12.1 Å². The largest absolute Gasteiger partial charge is 0.508 e. The van der Waals surface area contributed by atoms with E-state index in [1.54, 1.807) is 18.4 Å². The standard InChI is InChI=1S/C11H8Cl2O3/c12-9-4-7(14)5-10(13)11(9)16-6-8-2-1-3-15-8/h1-5,14H,6H2. The third-order valence-corrected chi connectivity index (χ3v) is 2.48. The highest BCUT2D eigenvalue weighted by molar-refractivity contribution is 6.37. The summed E-state index contributed by atoms with van der Waals surface area (Å²) in [5.74, 6) is 0.998. The molecule has 5 heteroatoms. The van der Waals surface area contributed by atoms with Crippen molar-refractivity contribution in [1.29, 1.82) is 0 Å². The summed E-state index contributed by atoms with van der Waals surface area (Å²) < 4.78 is 10.5. The molecule has 0 saturated carbocycles. The highest BCUT2D eigenvalue weighted by Crippen LogP contribution is 2.36. The SMILES string of the molecule is Oc1cc(Cl)c(OCc2ccco2)c(Cl)c1. The summed E-state index contributed by atoms with van der Waals surface area (Å²) in [6.07, 6.45) is 1.55. The molecule has 0 saturated heterocycles. The molecule has 0 aliphatic carbocycles. The summed E-state index contributed by atoms with van der Waals surface area (Å²) in [4.78, 5) is 0. The van der Waals surface area contributed by atoms with Gasteiger partial charge in [0.2, 0.25) is 0 Å². The molecule has 0 unspecified atom stereocenters. The summed E-state index contributed by atoms with van der Waals surface area (Å²) in [5.41, 5.74) is 0. The highest BCUT2D eigenvalue weighted by Gasteiger charge is 2.10. The van der Waals surface area contributed by atoms with Crippen LogP contribution in [0.1, 0.15) is 5.76 Å². The Bertz CT molecular complexity index is 457. The van der Waals surface area contributed by atoms with Crippen molar-refractivity contribution in [3.8, 4) is 11.5 Å². The van der Waals surface area contributed by atoms with Crippen LogP contribution >= 0.6 is 23.2 Å². The molecule has 0 aliphatic rings. The Labute approximate surface area is 102 Å². The summed E-state index contributed by atoms with van der Waals surface area (Å²) in [5, 5.41) is 9.75. The van der Waals surface area contributed by atoms with Crippen LogP contribution < -0.4 is 4.74 Å². The highest BCUT2D eigenvalue weighted by atomic mass is 35.5. The van der Waals surface area contributed by atoms with Crippen molar-refractivity contribution in [3.63, 3.8) is 0 Å². The molecule has 1 heterocycles. The van der Waals surface area contributed by atoms with Gasteiger partial charge in [-0.25, -0.2) is 0 Å². The molecule has 1 aromatic heterocycles. The molecule has 0 fully saturated rings. The third-order valence-electron chi connectivity index (χ3n) is 1.92. The number of phenolic OH excluding ortho intramolecular Hbond substituents is 1. The van der Waals surface area contributed by atoms with E-state index in [1.807, 2.05) is 0 Å². The number of rotatable bonds is 3. The predicted octanol–water partition coefficient (Wildman–Crippen LogP) is 3.87. The number of phenols is 1. The van der Waals surface area contributed by atoms with Gasteiger partial charge >= 0.3 is 0 Å². The molecule has 0 amide bonds. The first-order valence-corrected chi connectivity index (χ1v) is 5.25. The molecule has 1 N–H and O–H groups in total. The van der Waals surface area contributed by atoms with Gasteiger partial charge in [-0.15, -0.1) is 0 Å². The first-order chi connectivity index (χ1) is 7.66. The van der Waals surface area contributed by atoms with Crippen molar-refractivity contribution in [2.75, 3.05) is 0 Å². The molecule has 16 heavy (non-hydrogen) atoms. The molecule has 0 atom stereocenters. The lowest BCUT2D eigenvalue weighted by atomic mass is 10.3. The summed E-state index contributed by atoms with van der Waals surface area (Å²) >= 11 is 11.7. The second-order valence-electron chi connectivity index (χ2n) is 3.11. The maximum atomic E-state index is 9.23. The van der Waals surface area contributed by atoms with E-state index in [2.05, 4.69) is 0 Å². The molecule has 0 bridgehead atoms. The van der Waals surface area contributed by atoms with Crippen molar-refractivity contribution in [1.82, 2.24) is 0 Å². The lowest BCUT2D eigenvalue weighted by Gasteiger charge is -2.08. The van der Waals surface area contributed by atoms with Crippen molar-refractivity contribution < 1.29 is 14.3 Å². The Kier molecular flexibility index (Phi) is 3.27. The predicted molar refractivity (Wildman–Crippen MR) is 61.2 cm³/mol. The molecular weight excluding hydrogens is 251 g/mol. The van der Waals surface area contributed by atoms with Crippen LogP contribution in [0.25, 0.3) is 0 Å². The smallest absolute Gasteiger partial charge is 0.157 e. The number of aromatic hydroxyl groups is 1. The number of hydrogen-bond acceptors (Lipinski definition) is 3. The van der Waals surface area contributed by atoms with E-state index in [0.717, 1.165) is 0 Å². The first-order valence-electron chi connectivity index (χ1n) is 4.50. The van der Waals surface area contributed by atoms with Gasteiger partial charge in [-0.2, -0.15) is 0 Å². The van der Waals surface area contributed by atoms with Crippen LogP contribution in [0.3, 0.4) is 0 Å². The van der Waals surface area contributed by atoms with Crippen LogP contribution in [-0.2, 0) is 6.61 Å². The van der Waals surface area contributed by atoms with Crippen LogP contribution in [0.15, 0.2) is 34.9 Å². The lowest BCUT2D eigenvalue weighted by Crippen LogP contribution is -1.95. The van der Waals surface area contributed by atoms with Crippen LogP contribution in [0.4, 0.5) is 0 Å². The van der Waals surface area contributed by atoms with E-state index in [-0.39, 0.29) is 22.4 Å². The molecule has 0 spiro atoms. The zero-order valence-electron chi connectivity index (χ0n) is 8.11. The molecule has 2 aromatic rings. The number of hydrogen-bond donors (Lipinski definition) is 1. The van der Waals surface area contributed by atoms with Crippen molar-refractivity contribution >= 4 is 23.2 Å². The van der Waals surface area contributed by atoms with E-state index in [1.165, 1.54) is 12.1 Å². The Hall–Kier alpha value is -1.32. The van der Waals surface area contributed by atoms with Gasteiger partial charge < -0.3 is 14.3 Å². The van der Waals surface area contributed by atoms with E-state index >= 15 is 0 Å². The van der Waals surface area contributed by atoms with E-state index in [4.69, 9.17) is 32.4 Å². The van der Waals surface area contributed by atoms with Gasteiger partial charge in [-0.05, 0) is 12.1 Å². The second kappa shape index (κ2) is 4.68. The molecule has 84 valence electrons. The number of ether oxygens (including phenoxy) is 1. The van der Waals surface area contributed by atoms with Crippen LogP contribution in [0.5, 0.6) is 11.5 Å². The van der Waals surface area contributed by atoms with E-state index < -0.39 is 0 Å². The van der Waals surface area contributed by atoms with E-state index in [0.29, 0.717) is 11.5 Å². The molecule has 2 rings (SSSR count). The number of furan rings is 1. The summed E-state index contributed by atoms with van der Waals surface area (Å²) in [7, 11) is 0. The fourth-order valence-electron chi connectivity index (χ4n) is 1.22. The van der Waals surface area contributed by atoms with Crippen LogP contribution in [-0.4, -0.2) is 5.11 Å².